The van der Waals surface area contributed by atoms with Crippen LogP contribution in [-0.4, -0.2) is 11.3 Å². The van der Waals surface area contributed by atoms with E-state index in [2.05, 4.69) is 4.98 Å². The Kier molecular flexibility index (Phi) is 3.67. The second-order valence-electron chi connectivity index (χ2n) is 3.32. The zero-order valence-corrected chi connectivity index (χ0v) is 10.7. The molecule has 1 heterocycles. The molecule has 0 radical (unpaired) electrons. The highest BCUT2D eigenvalue weighted by molar-refractivity contribution is 6.35. The molecule has 0 aliphatic heterocycles. The maximum Gasteiger partial charge on any atom is 0.153 e. The lowest BCUT2D eigenvalue weighted by Crippen LogP contribution is -1.90. The number of benzene rings is 1. The molecule has 0 aliphatic carbocycles. The van der Waals surface area contributed by atoms with E-state index in [1.165, 1.54) is 0 Å². The Morgan fingerprint density at radius 2 is 1.82 bits per heavy atom. The first-order valence-corrected chi connectivity index (χ1v) is 5.82. The molecule has 2 aromatic rings. The van der Waals surface area contributed by atoms with Crippen LogP contribution in [0.2, 0.25) is 15.2 Å². The van der Waals surface area contributed by atoms with Crippen molar-refractivity contribution in [3.05, 3.63) is 51.1 Å². The minimum atomic E-state index is 0.147. The standard InChI is InChI=1S/C12H6Cl3NO/c13-8-2-3-10(14)9(5-8)11-4-1-7(6-17)12(15)16-11/h1-6H. The molecule has 1 aromatic heterocycles. The van der Waals surface area contributed by atoms with Crippen LogP contribution < -0.4 is 0 Å². The van der Waals surface area contributed by atoms with Crippen LogP contribution in [0.4, 0.5) is 0 Å². The summed E-state index contributed by atoms with van der Waals surface area (Å²) in [5.74, 6) is 0. The van der Waals surface area contributed by atoms with Crippen LogP contribution >= 0.6 is 34.8 Å². The second-order valence-corrected chi connectivity index (χ2v) is 4.52. The number of hydrogen-bond acceptors (Lipinski definition) is 2. The van der Waals surface area contributed by atoms with Gasteiger partial charge in [-0.25, -0.2) is 4.98 Å². The normalized spacial score (nSPS) is 10.3. The first kappa shape index (κ1) is 12.4. The maximum atomic E-state index is 10.6. The van der Waals surface area contributed by atoms with Gasteiger partial charge in [0, 0.05) is 10.6 Å². The third kappa shape index (κ3) is 2.60. The van der Waals surface area contributed by atoms with Gasteiger partial charge in [0.2, 0.25) is 0 Å². The van der Waals surface area contributed by atoms with E-state index in [9.17, 15) is 4.79 Å². The van der Waals surface area contributed by atoms with Crippen LogP contribution in [0.5, 0.6) is 0 Å². The van der Waals surface area contributed by atoms with E-state index in [1.54, 1.807) is 30.3 Å². The smallest absolute Gasteiger partial charge is 0.153 e. The van der Waals surface area contributed by atoms with Crippen molar-refractivity contribution in [2.24, 2.45) is 0 Å². The quantitative estimate of drug-likeness (QED) is 0.600. The molecule has 0 atom stereocenters. The fourth-order valence-electron chi connectivity index (χ4n) is 1.38. The molecule has 0 saturated heterocycles. The van der Waals surface area contributed by atoms with Gasteiger partial charge in [-0.3, -0.25) is 4.79 Å². The van der Waals surface area contributed by atoms with Crippen LogP contribution in [0.25, 0.3) is 11.3 Å². The Morgan fingerprint density at radius 1 is 1.06 bits per heavy atom. The highest BCUT2D eigenvalue weighted by atomic mass is 35.5. The lowest BCUT2D eigenvalue weighted by molar-refractivity contribution is 0.112. The molecular weight excluding hydrogens is 280 g/mol. The van der Waals surface area contributed by atoms with Crippen LogP contribution in [0.1, 0.15) is 10.4 Å². The van der Waals surface area contributed by atoms with Crippen molar-refractivity contribution in [2.45, 2.75) is 0 Å². The molecule has 0 aliphatic rings. The van der Waals surface area contributed by atoms with Crippen molar-refractivity contribution in [3.63, 3.8) is 0 Å². The van der Waals surface area contributed by atoms with Gasteiger partial charge in [0.05, 0.1) is 16.3 Å². The van der Waals surface area contributed by atoms with Gasteiger partial charge in [0.15, 0.2) is 6.29 Å². The number of aldehydes is 1. The van der Waals surface area contributed by atoms with Crippen LogP contribution in [-0.2, 0) is 0 Å². The number of pyridine rings is 1. The van der Waals surface area contributed by atoms with Gasteiger partial charge >= 0.3 is 0 Å². The summed E-state index contributed by atoms with van der Waals surface area (Å²) in [7, 11) is 0. The Balaban J connectivity index is 2.57. The van der Waals surface area contributed by atoms with Gasteiger partial charge in [0.25, 0.3) is 0 Å². The second kappa shape index (κ2) is 5.05. The molecule has 17 heavy (non-hydrogen) atoms. The summed E-state index contributed by atoms with van der Waals surface area (Å²) in [6.07, 6.45) is 0.651. The monoisotopic (exact) mass is 285 g/mol. The fourth-order valence-corrected chi connectivity index (χ4v) is 1.96. The zero-order chi connectivity index (χ0) is 12.4. The third-order valence-corrected chi connectivity index (χ3v) is 3.08. The molecule has 0 amide bonds. The largest absolute Gasteiger partial charge is 0.298 e. The molecule has 0 saturated carbocycles. The molecule has 0 fully saturated rings. The summed E-state index contributed by atoms with van der Waals surface area (Å²) in [6, 6.07) is 8.34. The van der Waals surface area contributed by atoms with E-state index in [0.29, 0.717) is 33.2 Å². The summed E-state index contributed by atoms with van der Waals surface area (Å²) in [5.41, 5.74) is 1.60. The molecule has 0 N–H and O–H groups in total. The minimum absolute atomic E-state index is 0.147. The maximum absolute atomic E-state index is 10.6. The van der Waals surface area contributed by atoms with E-state index in [4.69, 9.17) is 34.8 Å². The van der Waals surface area contributed by atoms with E-state index >= 15 is 0 Å². The predicted octanol–water partition coefficient (Wildman–Crippen LogP) is 4.52. The van der Waals surface area contributed by atoms with E-state index in [0.717, 1.165) is 0 Å². The van der Waals surface area contributed by atoms with Crippen molar-refractivity contribution < 1.29 is 4.79 Å². The number of nitrogens with zero attached hydrogens (tertiary/aromatic N) is 1. The Morgan fingerprint density at radius 3 is 2.47 bits per heavy atom. The molecule has 5 heteroatoms. The molecule has 2 rings (SSSR count). The average molecular weight is 287 g/mol. The lowest BCUT2D eigenvalue weighted by Gasteiger charge is -2.05. The minimum Gasteiger partial charge on any atom is -0.298 e. The fraction of sp³-hybridized carbons (Fsp3) is 0. The van der Waals surface area contributed by atoms with Crippen molar-refractivity contribution in [3.8, 4) is 11.3 Å². The highest BCUT2D eigenvalue weighted by Crippen LogP contribution is 2.30. The summed E-state index contributed by atoms with van der Waals surface area (Å²) in [6.45, 7) is 0. The molecule has 86 valence electrons. The molecule has 0 unspecified atom stereocenters. The molecule has 0 spiro atoms. The van der Waals surface area contributed by atoms with Crippen molar-refractivity contribution in [1.82, 2.24) is 4.98 Å². The summed E-state index contributed by atoms with van der Waals surface area (Å²) < 4.78 is 0. The molecule has 1 aromatic carbocycles. The van der Waals surface area contributed by atoms with E-state index in [1.807, 2.05) is 0 Å². The van der Waals surface area contributed by atoms with Crippen molar-refractivity contribution >= 4 is 41.1 Å². The van der Waals surface area contributed by atoms with Crippen LogP contribution in [0, 0.1) is 0 Å². The zero-order valence-electron chi connectivity index (χ0n) is 8.45. The first-order valence-electron chi connectivity index (χ1n) is 4.69. The van der Waals surface area contributed by atoms with E-state index < -0.39 is 0 Å². The Bertz CT molecular complexity index is 584. The first-order chi connectivity index (χ1) is 8.11. The van der Waals surface area contributed by atoms with Gasteiger partial charge in [-0.05, 0) is 30.3 Å². The summed E-state index contributed by atoms with van der Waals surface area (Å²) in [5, 5.41) is 1.23. The summed E-state index contributed by atoms with van der Waals surface area (Å²) >= 11 is 17.8. The van der Waals surface area contributed by atoms with Gasteiger partial charge in [-0.1, -0.05) is 34.8 Å². The van der Waals surface area contributed by atoms with Gasteiger partial charge in [0.1, 0.15) is 5.15 Å². The van der Waals surface area contributed by atoms with Crippen molar-refractivity contribution in [2.75, 3.05) is 0 Å². The number of carbonyl (C=O) groups is 1. The molecular formula is C12H6Cl3NO. The predicted molar refractivity (Wildman–Crippen MR) is 70.1 cm³/mol. The Hall–Kier alpha value is -1.09. The summed E-state index contributed by atoms with van der Waals surface area (Å²) in [4.78, 5) is 14.7. The number of carbonyl (C=O) groups excluding carboxylic acids is 1. The molecule has 2 nitrogen and oxygen atoms in total. The number of rotatable bonds is 2. The number of halogens is 3. The lowest BCUT2D eigenvalue weighted by atomic mass is 10.1. The SMILES string of the molecule is O=Cc1ccc(-c2cc(Cl)ccc2Cl)nc1Cl. The highest BCUT2D eigenvalue weighted by Gasteiger charge is 2.08. The number of aromatic nitrogens is 1. The van der Waals surface area contributed by atoms with E-state index in [-0.39, 0.29) is 5.15 Å². The van der Waals surface area contributed by atoms with Gasteiger partial charge in [-0.15, -0.1) is 0 Å². The van der Waals surface area contributed by atoms with Gasteiger partial charge < -0.3 is 0 Å². The van der Waals surface area contributed by atoms with Crippen LogP contribution in [0.3, 0.4) is 0 Å². The number of hydrogen-bond donors (Lipinski definition) is 0. The topological polar surface area (TPSA) is 30.0 Å². The van der Waals surface area contributed by atoms with Gasteiger partial charge in [-0.2, -0.15) is 0 Å². The average Bonchev–Trinajstić information content (AvgIpc) is 2.32. The van der Waals surface area contributed by atoms with Crippen LogP contribution in [0.15, 0.2) is 30.3 Å². The Labute approximate surface area is 113 Å². The van der Waals surface area contributed by atoms with Crippen molar-refractivity contribution in [1.29, 1.82) is 0 Å². The molecule has 0 bridgehead atoms. The third-order valence-electron chi connectivity index (χ3n) is 2.21.